The quantitative estimate of drug-likeness (QED) is 0.902. The highest BCUT2D eigenvalue weighted by Gasteiger charge is 2.14. The summed E-state index contributed by atoms with van der Waals surface area (Å²) in [7, 11) is -3.65. The summed E-state index contributed by atoms with van der Waals surface area (Å²) in [5, 5.41) is 0. The Balaban J connectivity index is 2.21. The van der Waals surface area contributed by atoms with Crippen molar-refractivity contribution in [2.75, 3.05) is 4.72 Å². The molecule has 21 heavy (non-hydrogen) atoms. The van der Waals surface area contributed by atoms with Gasteiger partial charge in [0.1, 0.15) is 5.82 Å². The Bertz CT molecular complexity index is 694. The van der Waals surface area contributed by atoms with E-state index in [1.165, 1.54) is 24.3 Å². The fourth-order valence-corrected chi connectivity index (χ4v) is 3.00. The number of benzene rings is 2. The van der Waals surface area contributed by atoms with E-state index in [9.17, 15) is 12.8 Å². The Morgan fingerprint density at radius 2 is 1.62 bits per heavy atom. The number of rotatable bonds is 5. The Labute approximate surface area is 124 Å². The molecule has 0 fully saturated rings. The lowest BCUT2D eigenvalue weighted by molar-refractivity contribution is 0.601. The molecule has 2 aromatic carbocycles. The Morgan fingerprint density at radius 1 is 1.05 bits per heavy atom. The van der Waals surface area contributed by atoms with Crippen molar-refractivity contribution in [1.82, 2.24) is 0 Å². The minimum atomic E-state index is -3.65. The van der Waals surface area contributed by atoms with E-state index in [-0.39, 0.29) is 4.90 Å². The van der Waals surface area contributed by atoms with E-state index in [1.807, 2.05) is 12.1 Å². The van der Waals surface area contributed by atoms with Gasteiger partial charge in [0.2, 0.25) is 0 Å². The number of halogens is 1. The first-order valence-electron chi connectivity index (χ1n) is 6.80. The molecule has 3 nitrogen and oxygen atoms in total. The van der Waals surface area contributed by atoms with Gasteiger partial charge in [0.05, 0.1) is 4.90 Å². The molecule has 0 aliphatic carbocycles. The Morgan fingerprint density at radius 3 is 2.14 bits per heavy atom. The number of anilines is 1. The predicted molar refractivity (Wildman–Crippen MR) is 82.4 cm³/mol. The zero-order chi connectivity index (χ0) is 15.5. The standard InChI is InChI=1S/C16H18FNO2S/c1-3-12(2)13-4-10-16(11-5-13)21(19,20)18-15-8-6-14(17)7-9-15/h4-12,18H,3H2,1-2H3/t12-/m1/s1. The second-order valence-corrected chi connectivity index (χ2v) is 6.67. The number of hydrogen-bond acceptors (Lipinski definition) is 2. The van der Waals surface area contributed by atoms with E-state index >= 15 is 0 Å². The third-order valence-electron chi connectivity index (χ3n) is 3.47. The second kappa shape index (κ2) is 6.26. The van der Waals surface area contributed by atoms with Gasteiger partial charge < -0.3 is 0 Å². The van der Waals surface area contributed by atoms with Crippen LogP contribution in [0.3, 0.4) is 0 Å². The molecule has 0 amide bonds. The molecule has 2 aromatic rings. The molecule has 0 aliphatic heterocycles. The second-order valence-electron chi connectivity index (χ2n) is 4.99. The van der Waals surface area contributed by atoms with Gasteiger partial charge in [0, 0.05) is 5.69 Å². The summed E-state index contributed by atoms with van der Waals surface area (Å²) >= 11 is 0. The molecule has 1 N–H and O–H groups in total. The lowest BCUT2D eigenvalue weighted by Crippen LogP contribution is -2.13. The van der Waals surface area contributed by atoms with Crippen LogP contribution in [0.2, 0.25) is 0 Å². The summed E-state index contributed by atoms with van der Waals surface area (Å²) in [6.45, 7) is 4.19. The molecule has 0 spiro atoms. The molecule has 0 saturated heterocycles. The van der Waals surface area contributed by atoms with Gasteiger partial charge in [-0.1, -0.05) is 26.0 Å². The van der Waals surface area contributed by atoms with Crippen LogP contribution in [0.15, 0.2) is 53.4 Å². The average molecular weight is 307 g/mol. The molecule has 0 aromatic heterocycles. The van der Waals surface area contributed by atoms with Gasteiger partial charge in [-0.05, 0) is 54.3 Å². The van der Waals surface area contributed by atoms with Gasteiger partial charge in [-0.15, -0.1) is 0 Å². The lowest BCUT2D eigenvalue weighted by atomic mass is 9.99. The highest BCUT2D eigenvalue weighted by atomic mass is 32.2. The van der Waals surface area contributed by atoms with Crippen LogP contribution in [-0.4, -0.2) is 8.42 Å². The summed E-state index contributed by atoms with van der Waals surface area (Å²) in [5.74, 6) is -0.0114. The highest BCUT2D eigenvalue weighted by molar-refractivity contribution is 7.92. The van der Waals surface area contributed by atoms with Gasteiger partial charge in [0.25, 0.3) is 10.0 Å². The Kier molecular flexibility index (Phi) is 4.63. The summed E-state index contributed by atoms with van der Waals surface area (Å²) in [5.41, 5.74) is 1.45. The molecule has 0 heterocycles. The van der Waals surface area contributed by atoms with E-state index in [4.69, 9.17) is 0 Å². The fraction of sp³-hybridized carbons (Fsp3) is 0.250. The van der Waals surface area contributed by atoms with E-state index in [1.54, 1.807) is 12.1 Å². The number of hydrogen-bond donors (Lipinski definition) is 1. The van der Waals surface area contributed by atoms with Crippen LogP contribution in [-0.2, 0) is 10.0 Å². The van der Waals surface area contributed by atoms with Crippen molar-refractivity contribution >= 4 is 15.7 Å². The molecule has 1 atom stereocenters. The summed E-state index contributed by atoms with van der Waals surface area (Å²) in [4.78, 5) is 0.193. The zero-order valence-electron chi connectivity index (χ0n) is 12.0. The monoisotopic (exact) mass is 307 g/mol. The van der Waals surface area contributed by atoms with Crippen molar-refractivity contribution in [1.29, 1.82) is 0 Å². The highest BCUT2D eigenvalue weighted by Crippen LogP contribution is 2.22. The average Bonchev–Trinajstić information content (AvgIpc) is 2.49. The van der Waals surface area contributed by atoms with Gasteiger partial charge in [-0.2, -0.15) is 0 Å². The van der Waals surface area contributed by atoms with Crippen molar-refractivity contribution in [2.24, 2.45) is 0 Å². The molecule has 112 valence electrons. The van der Waals surface area contributed by atoms with Crippen molar-refractivity contribution in [3.05, 3.63) is 59.9 Å². The van der Waals surface area contributed by atoms with Gasteiger partial charge in [-0.25, -0.2) is 12.8 Å². The predicted octanol–water partition coefficient (Wildman–Crippen LogP) is 4.14. The van der Waals surface area contributed by atoms with Crippen LogP contribution in [0.5, 0.6) is 0 Å². The molecule has 0 bridgehead atoms. The first-order chi connectivity index (χ1) is 9.92. The summed E-state index contributed by atoms with van der Waals surface area (Å²) in [6.07, 6.45) is 1.000. The lowest BCUT2D eigenvalue weighted by Gasteiger charge is -2.11. The van der Waals surface area contributed by atoms with Gasteiger partial charge in [-0.3, -0.25) is 4.72 Å². The van der Waals surface area contributed by atoms with Gasteiger partial charge >= 0.3 is 0 Å². The molecule has 0 radical (unpaired) electrons. The van der Waals surface area contributed by atoms with E-state index in [0.29, 0.717) is 11.6 Å². The molecular formula is C16H18FNO2S. The van der Waals surface area contributed by atoms with E-state index in [2.05, 4.69) is 18.6 Å². The number of sulfonamides is 1. The normalized spacial score (nSPS) is 12.9. The molecule has 0 saturated carbocycles. The van der Waals surface area contributed by atoms with Crippen molar-refractivity contribution < 1.29 is 12.8 Å². The first-order valence-corrected chi connectivity index (χ1v) is 8.29. The maximum atomic E-state index is 12.8. The van der Waals surface area contributed by atoms with Crippen LogP contribution in [0.4, 0.5) is 10.1 Å². The molecule has 0 unspecified atom stereocenters. The van der Waals surface area contributed by atoms with Gasteiger partial charge in [0.15, 0.2) is 0 Å². The Hall–Kier alpha value is -1.88. The topological polar surface area (TPSA) is 46.2 Å². The minimum Gasteiger partial charge on any atom is -0.280 e. The van der Waals surface area contributed by atoms with E-state index < -0.39 is 15.8 Å². The molecule has 0 aliphatic rings. The zero-order valence-corrected chi connectivity index (χ0v) is 12.8. The molecule has 2 rings (SSSR count). The molecular weight excluding hydrogens is 289 g/mol. The third-order valence-corrected chi connectivity index (χ3v) is 4.87. The summed E-state index contributed by atoms with van der Waals surface area (Å²) < 4.78 is 39.7. The van der Waals surface area contributed by atoms with Crippen LogP contribution in [0, 0.1) is 5.82 Å². The molecule has 5 heteroatoms. The smallest absolute Gasteiger partial charge is 0.261 e. The largest absolute Gasteiger partial charge is 0.280 e. The minimum absolute atomic E-state index is 0.193. The fourth-order valence-electron chi connectivity index (χ4n) is 1.94. The SMILES string of the molecule is CC[C@@H](C)c1ccc(S(=O)(=O)Nc2ccc(F)cc2)cc1. The number of nitrogens with one attached hydrogen (secondary N) is 1. The van der Waals surface area contributed by atoms with Crippen molar-refractivity contribution in [2.45, 2.75) is 31.1 Å². The maximum Gasteiger partial charge on any atom is 0.261 e. The van der Waals surface area contributed by atoms with Crippen molar-refractivity contribution in [3.8, 4) is 0 Å². The third kappa shape index (κ3) is 3.82. The van der Waals surface area contributed by atoms with Crippen LogP contribution in [0.1, 0.15) is 31.7 Å². The maximum absolute atomic E-state index is 12.8. The van der Waals surface area contributed by atoms with E-state index in [0.717, 1.165) is 12.0 Å². The first kappa shape index (κ1) is 15.5. The van der Waals surface area contributed by atoms with Crippen LogP contribution in [0.25, 0.3) is 0 Å². The van der Waals surface area contributed by atoms with Crippen LogP contribution >= 0.6 is 0 Å². The van der Waals surface area contributed by atoms with Crippen molar-refractivity contribution in [3.63, 3.8) is 0 Å². The van der Waals surface area contributed by atoms with Crippen LogP contribution < -0.4 is 4.72 Å². The summed E-state index contributed by atoms with van der Waals surface area (Å²) in [6, 6.07) is 12.0.